The van der Waals surface area contributed by atoms with Crippen LogP contribution in [0.1, 0.15) is 218 Å². The number of carbonyl (C=O) groups is 1. The molecular weight excluding hydrogens is 1210 g/mol. The summed E-state index contributed by atoms with van der Waals surface area (Å²) in [6.45, 7) is 51.9. The van der Waals surface area contributed by atoms with Crippen LogP contribution in [0.3, 0.4) is 0 Å². The van der Waals surface area contributed by atoms with Gasteiger partial charge in [-0.1, -0.05) is 189 Å². The number of ether oxygens (including phenoxy) is 6. The lowest BCUT2D eigenvalue weighted by Crippen LogP contribution is -2.34. The van der Waals surface area contributed by atoms with E-state index in [2.05, 4.69) is 166 Å². The molecule has 0 fully saturated rings. The van der Waals surface area contributed by atoms with Gasteiger partial charge in [0.1, 0.15) is 34.5 Å². The van der Waals surface area contributed by atoms with Gasteiger partial charge in [0.25, 0.3) is 0 Å². The van der Waals surface area contributed by atoms with Crippen molar-refractivity contribution in [3.8, 4) is 45.6 Å². The first kappa shape index (κ1) is 73.7. The Morgan fingerprint density at radius 3 is 0.811 bits per heavy atom. The van der Waals surface area contributed by atoms with Crippen LogP contribution in [0.25, 0.3) is 11.1 Å². The van der Waals surface area contributed by atoms with Crippen LogP contribution in [0.2, 0.25) is 10.0 Å². The third-order valence-electron chi connectivity index (χ3n) is 17.0. The molecule has 90 heavy (non-hydrogen) atoms. The highest BCUT2D eigenvalue weighted by atomic mass is 35.5. The second kappa shape index (κ2) is 25.2. The number of halogens is 2. The van der Waals surface area contributed by atoms with Crippen LogP contribution in [0.4, 0.5) is 0 Å². The number of carbonyl (C=O) groups excluding carboxylic acids is 1. The summed E-state index contributed by atoms with van der Waals surface area (Å²) in [5, 5.41) is 15.5. The fraction of sp³-hybridized carbons (Fsp3) is 0.513. The van der Waals surface area contributed by atoms with E-state index in [1.165, 1.54) is 14.0 Å². The molecule has 6 rings (SSSR count). The van der Waals surface area contributed by atoms with Gasteiger partial charge in [-0.15, -0.1) is 0 Å². The topological polar surface area (TPSA) is 127 Å². The van der Waals surface area contributed by atoms with Gasteiger partial charge >= 0.3 is 5.97 Å². The molecule has 0 bridgehead atoms. The Morgan fingerprint density at radius 2 is 0.600 bits per heavy atom. The summed E-state index contributed by atoms with van der Waals surface area (Å²) in [6.07, 6.45) is -1.34. The molecule has 6 aromatic carbocycles. The van der Waals surface area contributed by atoms with Gasteiger partial charge in [-0.3, -0.25) is 0 Å². The summed E-state index contributed by atoms with van der Waals surface area (Å²) in [5.41, 5.74) is 1.66. The van der Waals surface area contributed by atoms with Crippen molar-refractivity contribution in [3.63, 3.8) is 0 Å². The highest BCUT2D eigenvalue weighted by Crippen LogP contribution is 2.59. The lowest BCUT2D eigenvalue weighted by molar-refractivity contribution is -0.147. The second-order valence-corrected chi connectivity index (χ2v) is 38.6. The number of aromatic hydroxyl groups is 1. The fourth-order valence-corrected chi connectivity index (χ4v) is 18.2. The number of phenols is 1. The minimum absolute atomic E-state index is 0.00566. The van der Waals surface area contributed by atoms with E-state index in [0.29, 0.717) is 44.2 Å². The van der Waals surface area contributed by atoms with Gasteiger partial charge in [-0.25, -0.2) is 4.79 Å². The van der Waals surface area contributed by atoms with Crippen molar-refractivity contribution in [1.29, 1.82) is 0 Å². The Morgan fingerprint density at radius 1 is 0.378 bits per heavy atom. The smallest absolute Gasteiger partial charge is 0.346 e. The van der Waals surface area contributed by atoms with Crippen LogP contribution in [-0.4, -0.2) is 52.7 Å². The molecule has 1 N–H and O–H groups in total. The van der Waals surface area contributed by atoms with Crippen LogP contribution in [0, 0.1) is 0 Å². The maximum atomic E-state index is 19.0. The first-order chi connectivity index (χ1) is 40.8. The van der Waals surface area contributed by atoms with Crippen LogP contribution in [-0.2, 0) is 62.0 Å². The molecule has 0 aliphatic rings. The van der Waals surface area contributed by atoms with Crippen LogP contribution in [0.15, 0.2) is 72.8 Å². The minimum atomic E-state index is -4.58. The monoisotopic (exact) mass is 1310 g/mol. The molecule has 0 amide bonds. The number of hydrogen-bond acceptors (Lipinski definition) is 10. The van der Waals surface area contributed by atoms with Crippen molar-refractivity contribution in [1.82, 2.24) is 0 Å². The van der Waals surface area contributed by atoms with Crippen molar-refractivity contribution in [2.24, 2.45) is 0 Å². The van der Waals surface area contributed by atoms with Gasteiger partial charge in [0.05, 0.1) is 45.6 Å². The van der Waals surface area contributed by atoms with E-state index >= 15 is 9.13 Å². The number of rotatable bonds is 14. The van der Waals surface area contributed by atoms with Crippen molar-refractivity contribution in [2.45, 2.75) is 223 Å². The van der Waals surface area contributed by atoms with Gasteiger partial charge in [-0.2, -0.15) is 0 Å². The normalized spacial score (nSPS) is 13.7. The second-order valence-electron chi connectivity index (χ2n) is 32.4. The predicted molar refractivity (Wildman–Crippen MR) is 380 cm³/mol. The summed E-state index contributed by atoms with van der Waals surface area (Å²) in [6, 6.07) is 22.4. The third kappa shape index (κ3) is 14.0. The Balaban J connectivity index is 2.16. The lowest BCUT2D eigenvalue weighted by atomic mass is 9.79. The van der Waals surface area contributed by atoms with E-state index in [-0.39, 0.29) is 37.5 Å². The molecule has 0 saturated carbocycles. The quantitative estimate of drug-likeness (QED) is 0.0832. The number of phenolic OH excluding ortho intramolecular Hbond substituents is 1. The van der Waals surface area contributed by atoms with Gasteiger partial charge < -0.3 is 42.7 Å². The molecule has 0 spiro atoms. The summed E-state index contributed by atoms with van der Waals surface area (Å²) >= 11 is 15.0. The van der Waals surface area contributed by atoms with Gasteiger partial charge in [-0.05, 0) is 123 Å². The predicted octanol–water partition coefficient (Wildman–Crippen LogP) is 18.0. The van der Waals surface area contributed by atoms with E-state index in [0.717, 1.165) is 44.5 Å². The fourth-order valence-electron chi connectivity index (χ4n) is 12.0. The zero-order chi connectivity index (χ0) is 68.7. The highest BCUT2D eigenvalue weighted by Gasteiger charge is 2.46. The zero-order valence-electron chi connectivity index (χ0n) is 59.8. The Labute approximate surface area is 550 Å². The molecule has 0 radical (unpaired) electrons. The standard InChI is InChI=1S/C76H104Cl2O10P2/c1-43(68(80)87-30)88-67-57(78)32-34-59(90(82,46-39-52(73(14,15)16)65(85-28)53(40-46)74(17,18)19)47-41-54(75(20,21)22)66(86-29)55(42-47)76(23,24)25)61(67)60-58(33-31-56(77)62(60)79)89(81,44-35-48(69(2,3)4)63(83-26)49(36-44)70(5,6)7)45-37-50(71(8,9)10)64(84-27)51(38-45)72(11,12)13/h31-43,79H,1-30H3. The molecule has 6 aromatic rings. The van der Waals surface area contributed by atoms with Crippen molar-refractivity contribution in [2.75, 3.05) is 35.5 Å². The molecule has 10 nitrogen and oxygen atoms in total. The molecule has 1 unspecified atom stereocenters. The lowest BCUT2D eigenvalue weighted by Gasteiger charge is -2.35. The molecule has 14 heteroatoms. The molecule has 0 saturated heterocycles. The number of hydrogen-bond donors (Lipinski definition) is 1. The minimum Gasteiger partial charge on any atom is -0.506 e. The van der Waals surface area contributed by atoms with Crippen molar-refractivity contribution < 1.29 is 47.5 Å². The van der Waals surface area contributed by atoms with Gasteiger partial charge in [0, 0.05) is 87.5 Å². The summed E-state index contributed by atoms with van der Waals surface area (Å²) in [4.78, 5) is 13.9. The van der Waals surface area contributed by atoms with Crippen LogP contribution in [0.5, 0.6) is 34.5 Å². The number of benzene rings is 6. The SMILES string of the molecule is COC(=O)C(C)Oc1c(Cl)ccc(P(=O)(c2cc(C(C)(C)C)c(OC)c(C(C)(C)C)c2)c2cc(C(C)(C)C)c(OC)c(C(C)(C)C)c2)c1-c1c(P(=O)(c2cc(C(C)(C)C)c(OC)c(C(C)(C)C)c2)c2cc(C(C)(C)C)c(OC)c(C(C)(C)C)c2)ccc(Cl)c1O. The van der Waals surface area contributed by atoms with E-state index < -0.39 is 75.4 Å². The first-order valence-electron chi connectivity index (χ1n) is 31.1. The largest absolute Gasteiger partial charge is 0.506 e. The molecule has 0 aliphatic heterocycles. The van der Waals surface area contributed by atoms with E-state index in [1.807, 2.05) is 48.5 Å². The molecule has 0 aromatic heterocycles. The van der Waals surface area contributed by atoms with Crippen LogP contribution < -0.4 is 55.5 Å². The molecule has 0 heterocycles. The Hall–Kier alpha value is -5.37. The molecule has 1 atom stereocenters. The Kier molecular flexibility index (Phi) is 20.6. The average molecular weight is 1310 g/mol. The third-order valence-corrected chi connectivity index (χ3v) is 23.6. The number of methoxy groups -OCH3 is 5. The van der Waals surface area contributed by atoms with Gasteiger partial charge in [0.15, 0.2) is 20.4 Å². The summed E-state index contributed by atoms with van der Waals surface area (Å²) in [5.74, 6) is 1.24. The first-order valence-corrected chi connectivity index (χ1v) is 35.2. The maximum Gasteiger partial charge on any atom is 0.346 e. The summed E-state index contributed by atoms with van der Waals surface area (Å²) < 4.78 is 75.8. The van der Waals surface area contributed by atoms with E-state index in [4.69, 9.17) is 51.6 Å². The van der Waals surface area contributed by atoms with Gasteiger partial charge in [0.2, 0.25) is 0 Å². The summed E-state index contributed by atoms with van der Waals surface area (Å²) in [7, 11) is -1.24. The van der Waals surface area contributed by atoms with Crippen molar-refractivity contribution >= 4 is 75.3 Å². The molecule has 0 aliphatic carbocycles. The molecular formula is C76H104Cl2O10P2. The highest BCUT2D eigenvalue weighted by molar-refractivity contribution is 7.86. The maximum absolute atomic E-state index is 19.0. The molecule has 492 valence electrons. The van der Waals surface area contributed by atoms with E-state index in [9.17, 15) is 9.90 Å². The Bertz CT molecular complexity index is 3520. The zero-order valence-corrected chi connectivity index (χ0v) is 63.1. The average Bonchev–Trinajstić information content (AvgIpc) is 0.711. The number of esters is 1. The van der Waals surface area contributed by atoms with Crippen LogP contribution >= 0.6 is 37.5 Å². The van der Waals surface area contributed by atoms with Crippen molar-refractivity contribution in [3.05, 3.63) is 127 Å². The van der Waals surface area contributed by atoms with E-state index in [1.54, 1.807) is 52.7 Å².